The maximum absolute atomic E-state index is 6.91. The van der Waals surface area contributed by atoms with Gasteiger partial charge in [0, 0.05) is 28.0 Å². The average molecular weight is 633 g/mol. The van der Waals surface area contributed by atoms with Crippen LogP contribution in [0.5, 0.6) is 11.5 Å². The number of rotatable bonds is 5. The molecule has 9 rings (SSSR count). The Morgan fingerprint density at radius 2 is 1.08 bits per heavy atom. The molecule has 0 bridgehead atoms. The molecule has 2 aliphatic heterocycles. The summed E-state index contributed by atoms with van der Waals surface area (Å²) in [6, 6.07) is 58.5. The van der Waals surface area contributed by atoms with E-state index in [4.69, 9.17) is 4.74 Å². The zero-order chi connectivity index (χ0) is 33.1. The first-order chi connectivity index (χ1) is 24.0. The van der Waals surface area contributed by atoms with Crippen molar-refractivity contribution < 1.29 is 4.74 Å². The van der Waals surface area contributed by atoms with Gasteiger partial charge >= 0.3 is 0 Å². The van der Waals surface area contributed by atoms with Gasteiger partial charge in [0.25, 0.3) is 0 Å². The first-order valence-corrected chi connectivity index (χ1v) is 16.9. The van der Waals surface area contributed by atoms with E-state index in [2.05, 4.69) is 194 Å². The Bertz CT molecular complexity index is 2330. The fourth-order valence-corrected chi connectivity index (χ4v) is 7.68. The molecule has 2 heterocycles. The minimum Gasteiger partial charge on any atom is -0.452 e. The molecule has 3 heteroatoms. The zero-order valence-electron chi connectivity index (χ0n) is 27.9. The van der Waals surface area contributed by atoms with Crippen LogP contribution in [-0.2, 0) is 5.41 Å². The van der Waals surface area contributed by atoms with Crippen molar-refractivity contribution in [2.45, 2.75) is 26.2 Å². The highest BCUT2D eigenvalue weighted by atomic mass is 16.5. The molecule has 0 amide bonds. The fourth-order valence-electron chi connectivity index (χ4n) is 7.68. The van der Waals surface area contributed by atoms with Crippen LogP contribution in [0.15, 0.2) is 164 Å². The SMILES string of the molecule is Cc1cccc2c1N1c3ccccc3C(C)(C)c3ccc(-c4ccc(N(c5ccccc5)c5ccc(-c6ccccc6)cc5)cc4)c(c31)O2. The number of fused-ring (bicyclic) bond motifs is 4. The Labute approximate surface area is 288 Å². The topological polar surface area (TPSA) is 15.7 Å². The van der Waals surface area contributed by atoms with Gasteiger partial charge in [0.15, 0.2) is 11.5 Å². The third-order valence-corrected chi connectivity index (χ3v) is 10.2. The molecule has 0 atom stereocenters. The van der Waals surface area contributed by atoms with Crippen molar-refractivity contribution in [3.63, 3.8) is 0 Å². The van der Waals surface area contributed by atoms with Crippen molar-refractivity contribution in [2.75, 3.05) is 9.80 Å². The molecular weight excluding hydrogens is 597 g/mol. The van der Waals surface area contributed by atoms with Crippen molar-refractivity contribution in [1.82, 2.24) is 0 Å². The first-order valence-electron chi connectivity index (χ1n) is 16.9. The van der Waals surface area contributed by atoms with Crippen LogP contribution in [0, 0.1) is 6.92 Å². The Morgan fingerprint density at radius 1 is 0.490 bits per heavy atom. The van der Waals surface area contributed by atoms with Gasteiger partial charge in [-0.15, -0.1) is 0 Å². The summed E-state index contributed by atoms with van der Waals surface area (Å²) in [5, 5.41) is 0. The third kappa shape index (κ3) is 4.65. The number of aryl methyl sites for hydroxylation is 1. The molecule has 0 spiro atoms. The Hall–Kier alpha value is -6.06. The lowest BCUT2D eigenvalue weighted by atomic mass is 9.72. The molecule has 0 unspecified atom stereocenters. The van der Waals surface area contributed by atoms with Gasteiger partial charge in [0.2, 0.25) is 0 Å². The molecule has 7 aromatic rings. The van der Waals surface area contributed by atoms with E-state index in [1.165, 1.54) is 33.5 Å². The largest absolute Gasteiger partial charge is 0.452 e. The zero-order valence-corrected chi connectivity index (χ0v) is 27.9. The van der Waals surface area contributed by atoms with Crippen LogP contribution >= 0.6 is 0 Å². The van der Waals surface area contributed by atoms with Crippen molar-refractivity contribution in [1.29, 1.82) is 0 Å². The van der Waals surface area contributed by atoms with Gasteiger partial charge in [-0.05, 0) is 88.8 Å². The average Bonchev–Trinajstić information content (AvgIpc) is 3.15. The predicted molar refractivity (Wildman–Crippen MR) is 204 cm³/mol. The Kier molecular flexibility index (Phi) is 6.70. The minimum absolute atomic E-state index is 0.185. The van der Waals surface area contributed by atoms with E-state index in [9.17, 15) is 0 Å². The molecule has 2 aliphatic rings. The second-order valence-corrected chi connectivity index (χ2v) is 13.5. The van der Waals surface area contributed by atoms with Gasteiger partial charge in [-0.2, -0.15) is 0 Å². The molecule has 0 aliphatic carbocycles. The quantitative estimate of drug-likeness (QED) is 0.188. The number of ether oxygens (including phenoxy) is 1. The third-order valence-electron chi connectivity index (χ3n) is 10.2. The van der Waals surface area contributed by atoms with Crippen LogP contribution in [-0.4, -0.2) is 0 Å². The van der Waals surface area contributed by atoms with Crippen LogP contribution in [0.25, 0.3) is 22.3 Å². The van der Waals surface area contributed by atoms with E-state index in [-0.39, 0.29) is 5.41 Å². The number of anilines is 6. The summed E-state index contributed by atoms with van der Waals surface area (Å²) in [5.41, 5.74) is 15.0. The van der Waals surface area contributed by atoms with E-state index < -0.39 is 0 Å². The monoisotopic (exact) mass is 632 g/mol. The van der Waals surface area contributed by atoms with Gasteiger partial charge < -0.3 is 14.5 Å². The van der Waals surface area contributed by atoms with Crippen LogP contribution in [0.3, 0.4) is 0 Å². The van der Waals surface area contributed by atoms with Crippen molar-refractivity contribution in [2.24, 2.45) is 0 Å². The normalized spacial score (nSPS) is 13.5. The molecule has 0 aromatic heterocycles. The Morgan fingerprint density at radius 3 is 1.80 bits per heavy atom. The van der Waals surface area contributed by atoms with Crippen LogP contribution < -0.4 is 14.5 Å². The molecule has 7 aromatic carbocycles. The fraction of sp³-hybridized carbons (Fsp3) is 0.0870. The summed E-state index contributed by atoms with van der Waals surface area (Å²) in [6.07, 6.45) is 0. The number of hydrogen-bond acceptors (Lipinski definition) is 3. The summed E-state index contributed by atoms with van der Waals surface area (Å²) in [4.78, 5) is 4.75. The number of benzene rings is 7. The number of nitrogens with zero attached hydrogens (tertiary/aromatic N) is 2. The number of hydrogen-bond donors (Lipinski definition) is 0. The lowest BCUT2D eigenvalue weighted by Crippen LogP contribution is -2.32. The van der Waals surface area contributed by atoms with E-state index in [0.29, 0.717) is 0 Å². The van der Waals surface area contributed by atoms with Gasteiger partial charge in [-0.3, -0.25) is 0 Å². The highest BCUT2D eigenvalue weighted by Gasteiger charge is 2.42. The lowest BCUT2D eigenvalue weighted by Gasteiger charge is -2.45. The standard InChI is InChI=1S/C46H36N2O/c1-31-13-12-20-42-43(31)48-41-19-11-10-18-39(41)46(2,3)40-30-29-38(45(49-42)44(40)48)34-23-27-37(28-24-34)47(35-16-8-5-9-17-35)36-25-21-33(22-26-36)32-14-6-4-7-15-32/h4-30H,1-3H3. The molecule has 236 valence electrons. The van der Waals surface area contributed by atoms with Gasteiger partial charge in [-0.25, -0.2) is 0 Å². The van der Waals surface area contributed by atoms with Crippen molar-refractivity contribution >= 4 is 34.1 Å². The van der Waals surface area contributed by atoms with E-state index in [0.717, 1.165) is 51.1 Å². The molecule has 0 saturated carbocycles. The van der Waals surface area contributed by atoms with Crippen molar-refractivity contribution in [3.8, 4) is 33.8 Å². The van der Waals surface area contributed by atoms with E-state index in [1.807, 2.05) is 0 Å². The molecular formula is C46H36N2O. The van der Waals surface area contributed by atoms with Gasteiger partial charge in [-0.1, -0.05) is 129 Å². The molecule has 49 heavy (non-hydrogen) atoms. The second-order valence-electron chi connectivity index (χ2n) is 13.5. The summed E-state index contributed by atoms with van der Waals surface area (Å²) < 4.78 is 6.91. The van der Waals surface area contributed by atoms with E-state index in [1.54, 1.807) is 0 Å². The smallest absolute Gasteiger partial charge is 0.159 e. The second kappa shape index (κ2) is 11.3. The predicted octanol–water partition coefficient (Wildman–Crippen LogP) is 13.0. The molecule has 0 N–H and O–H groups in total. The Balaban J connectivity index is 1.15. The summed E-state index contributed by atoms with van der Waals surface area (Å²) in [6.45, 7) is 6.82. The number of para-hydroxylation sites is 3. The molecule has 0 saturated heterocycles. The molecule has 0 radical (unpaired) electrons. The minimum atomic E-state index is -0.185. The molecule has 0 fully saturated rings. The lowest BCUT2D eigenvalue weighted by molar-refractivity contribution is 0.472. The van der Waals surface area contributed by atoms with Gasteiger partial charge in [0.1, 0.15) is 0 Å². The maximum Gasteiger partial charge on any atom is 0.159 e. The summed E-state index contributed by atoms with van der Waals surface area (Å²) in [7, 11) is 0. The van der Waals surface area contributed by atoms with Gasteiger partial charge in [0.05, 0.1) is 17.1 Å². The highest BCUT2D eigenvalue weighted by Crippen LogP contribution is 2.62. The van der Waals surface area contributed by atoms with Crippen molar-refractivity contribution in [3.05, 3.63) is 180 Å². The summed E-state index contributed by atoms with van der Waals surface area (Å²) in [5.74, 6) is 1.79. The first kappa shape index (κ1) is 29.1. The van der Waals surface area contributed by atoms with Crippen LogP contribution in [0.1, 0.15) is 30.5 Å². The van der Waals surface area contributed by atoms with Crippen LogP contribution in [0.2, 0.25) is 0 Å². The maximum atomic E-state index is 6.91. The summed E-state index contributed by atoms with van der Waals surface area (Å²) >= 11 is 0. The van der Waals surface area contributed by atoms with Crippen LogP contribution in [0.4, 0.5) is 34.1 Å². The van der Waals surface area contributed by atoms with E-state index >= 15 is 0 Å². The molecule has 3 nitrogen and oxygen atoms in total. The highest BCUT2D eigenvalue weighted by molar-refractivity contribution is 5.98.